The third-order valence-corrected chi connectivity index (χ3v) is 9.41. The largest absolute Gasteiger partial charge is 0.491 e. The molecule has 0 aromatic heterocycles. The van der Waals surface area contributed by atoms with Crippen LogP contribution in [-0.2, 0) is 4.79 Å². The molecular formula is C34H40ClNO7S. The van der Waals surface area contributed by atoms with Gasteiger partial charge in [0, 0.05) is 40.1 Å². The summed E-state index contributed by atoms with van der Waals surface area (Å²) >= 11 is 7.45. The van der Waals surface area contributed by atoms with Gasteiger partial charge in [-0.3, -0.25) is 9.59 Å². The average molecular weight is 642 g/mol. The van der Waals surface area contributed by atoms with Gasteiger partial charge in [0.25, 0.3) is 5.91 Å². The minimum Gasteiger partial charge on any atom is -0.491 e. The lowest BCUT2D eigenvalue weighted by Crippen LogP contribution is -2.28. The number of esters is 1. The Hall–Kier alpha value is -3.08. The lowest BCUT2D eigenvalue weighted by atomic mass is 9.97. The van der Waals surface area contributed by atoms with Gasteiger partial charge < -0.3 is 30.1 Å². The van der Waals surface area contributed by atoms with Gasteiger partial charge >= 0.3 is 5.97 Å². The number of aliphatic hydroxyl groups excluding tert-OH is 3. The Morgan fingerprint density at radius 1 is 0.909 bits per heavy atom. The fourth-order valence-corrected chi connectivity index (χ4v) is 6.87. The number of halogens is 1. The Morgan fingerprint density at radius 2 is 1.66 bits per heavy atom. The molecule has 8 nitrogen and oxygen atoms in total. The topological polar surface area (TPSA) is 125 Å². The number of carbonyl (C=O) groups excluding carboxylic acids is 2. The van der Waals surface area contributed by atoms with Crippen LogP contribution in [0.1, 0.15) is 55.3 Å². The molecule has 0 saturated heterocycles. The molecule has 0 bridgehead atoms. The lowest BCUT2D eigenvalue weighted by molar-refractivity contribution is -0.134. The van der Waals surface area contributed by atoms with Crippen LogP contribution >= 0.6 is 23.4 Å². The first-order chi connectivity index (χ1) is 21.3. The maximum atomic E-state index is 12.3. The number of aliphatic hydroxyl groups is 3. The third-order valence-electron chi connectivity index (χ3n) is 7.55. The van der Waals surface area contributed by atoms with Crippen molar-refractivity contribution in [3.05, 3.63) is 89.4 Å². The molecule has 0 spiro atoms. The molecule has 0 aliphatic heterocycles. The number of hydrogen-bond acceptors (Lipinski definition) is 8. The van der Waals surface area contributed by atoms with Crippen molar-refractivity contribution in [2.45, 2.75) is 68.5 Å². The molecule has 4 N–H and O–H groups in total. The molecule has 236 valence electrons. The van der Waals surface area contributed by atoms with E-state index in [9.17, 15) is 24.9 Å². The Kier molecular flexibility index (Phi) is 13.4. The number of anilines is 1. The summed E-state index contributed by atoms with van der Waals surface area (Å²) < 4.78 is 11.0. The van der Waals surface area contributed by atoms with Gasteiger partial charge in [0.2, 0.25) is 0 Å². The zero-order valence-corrected chi connectivity index (χ0v) is 26.1. The van der Waals surface area contributed by atoms with Gasteiger partial charge in [-0.25, -0.2) is 0 Å². The highest BCUT2D eigenvalue weighted by Crippen LogP contribution is 2.39. The van der Waals surface area contributed by atoms with Crippen LogP contribution in [0.15, 0.2) is 78.9 Å². The van der Waals surface area contributed by atoms with E-state index in [1.165, 1.54) is 11.8 Å². The maximum Gasteiger partial charge on any atom is 0.311 e. The molecule has 5 atom stereocenters. The zero-order chi connectivity index (χ0) is 31.3. The molecule has 0 heterocycles. The SMILES string of the molecule is O=C(CCCCCC[C@H]1C(O)C[C@@H](O)[C@@H]1SCC(O)COc1cccc(Cl)c1)Oc1ccc(NC(=O)c2ccccc2)cc1. The van der Waals surface area contributed by atoms with Crippen LogP contribution in [0.25, 0.3) is 0 Å². The number of nitrogens with one attached hydrogen (secondary N) is 1. The van der Waals surface area contributed by atoms with Crippen molar-refractivity contribution in [1.29, 1.82) is 0 Å². The molecule has 1 amide bonds. The fraction of sp³-hybridized carbons (Fsp3) is 0.412. The quantitative estimate of drug-likeness (QED) is 0.0837. The summed E-state index contributed by atoms with van der Waals surface area (Å²) in [5.74, 6) is 0.822. The van der Waals surface area contributed by atoms with Crippen molar-refractivity contribution < 1.29 is 34.4 Å². The highest BCUT2D eigenvalue weighted by Gasteiger charge is 2.41. The summed E-state index contributed by atoms with van der Waals surface area (Å²) in [6, 6.07) is 22.6. The second-order valence-electron chi connectivity index (χ2n) is 11.0. The van der Waals surface area contributed by atoms with Gasteiger partial charge in [-0.05, 0) is 73.4 Å². The summed E-state index contributed by atoms with van der Waals surface area (Å²) in [5.41, 5.74) is 1.17. The molecule has 3 aromatic carbocycles. The molecule has 44 heavy (non-hydrogen) atoms. The molecule has 2 unspecified atom stereocenters. The van der Waals surface area contributed by atoms with Gasteiger partial charge in [-0.2, -0.15) is 11.8 Å². The zero-order valence-electron chi connectivity index (χ0n) is 24.5. The normalized spacial score (nSPS) is 20.2. The molecule has 1 fully saturated rings. The van der Waals surface area contributed by atoms with E-state index in [1.54, 1.807) is 72.8 Å². The van der Waals surface area contributed by atoms with E-state index in [-0.39, 0.29) is 29.7 Å². The van der Waals surface area contributed by atoms with Crippen LogP contribution < -0.4 is 14.8 Å². The minimum atomic E-state index is -0.720. The Labute approximate surface area is 267 Å². The summed E-state index contributed by atoms with van der Waals surface area (Å²) in [7, 11) is 0. The summed E-state index contributed by atoms with van der Waals surface area (Å²) in [4.78, 5) is 24.6. The predicted octanol–water partition coefficient (Wildman–Crippen LogP) is 6.12. The van der Waals surface area contributed by atoms with Gasteiger partial charge in [0.05, 0.1) is 18.3 Å². The predicted molar refractivity (Wildman–Crippen MR) is 173 cm³/mol. The maximum absolute atomic E-state index is 12.3. The number of unbranched alkanes of at least 4 members (excludes halogenated alkanes) is 3. The monoisotopic (exact) mass is 641 g/mol. The first-order valence-electron chi connectivity index (χ1n) is 15.0. The number of thioether (sulfide) groups is 1. The molecule has 1 saturated carbocycles. The Bertz CT molecular complexity index is 1330. The van der Waals surface area contributed by atoms with Crippen LogP contribution in [0.4, 0.5) is 5.69 Å². The minimum absolute atomic E-state index is 0.0542. The van der Waals surface area contributed by atoms with Gasteiger partial charge in [-0.15, -0.1) is 0 Å². The van der Waals surface area contributed by atoms with Crippen molar-refractivity contribution >= 4 is 40.9 Å². The van der Waals surface area contributed by atoms with E-state index in [0.717, 1.165) is 25.7 Å². The molecular weight excluding hydrogens is 602 g/mol. The number of hydrogen-bond donors (Lipinski definition) is 4. The van der Waals surface area contributed by atoms with E-state index >= 15 is 0 Å². The van der Waals surface area contributed by atoms with Crippen molar-refractivity contribution in [1.82, 2.24) is 0 Å². The van der Waals surface area contributed by atoms with Gasteiger partial charge in [0.1, 0.15) is 18.1 Å². The molecule has 1 aliphatic carbocycles. The third kappa shape index (κ3) is 10.8. The highest BCUT2D eigenvalue weighted by molar-refractivity contribution is 8.00. The van der Waals surface area contributed by atoms with Crippen LogP contribution in [0.2, 0.25) is 5.02 Å². The van der Waals surface area contributed by atoms with Crippen LogP contribution in [-0.4, -0.2) is 63.1 Å². The number of rotatable bonds is 16. The lowest BCUT2D eigenvalue weighted by Gasteiger charge is -2.24. The van der Waals surface area contributed by atoms with Crippen molar-refractivity contribution in [2.24, 2.45) is 5.92 Å². The van der Waals surface area contributed by atoms with Crippen LogP contribution in [0, 0.1) is 5.92 Å². The number of benzene rings is 3. The van der Waals surface area contributed by atoms with E-state index in [0.29, 0.717) is 52.8 Å². The van der Waals surface area contributed by atoms with Crippen LogP contribution in [0.3, 0.4) is 0 Å². The summed E-state index contributed by atoms with van der Waals surface area (Å²) in [6.45, 7) is 0.115. The fourth-order valence-electron chi connectivity index (χ4n) is 5.26. The van der Waals surface area contributed by atoms with Crippen molar-refractivity contribution in [3.63, 3.8) is 0 Å². The van der Waals surface area contributed by atoms with E-state index < -0.39 is 18.3 Å². The summed E-state index contributed by atoms with van der Waals surface area (Å²) in [5, 5.41) is 34.7. The standard InChI is InChI=1S/C34H40ClNO7S/c35-24-11-8-12-28(19-24)42-21-26(37)22-44-33-29(30(38)20-31(33)39)13-6-1-2-7-14-32(40)43-27-17-15-25(16-18-27)36-34(41)23-9-4-3-5-10-23/h3-5,8-12,15-19,26,29-31,33,37-39H,1-2,6-7,13-14,20-22H2,(H,36,41)/t26?,29-,30?,31+,33+/m0/s1. The number of carbonyl (C=O) groups is 2. The van der Waals surface area contributed by atoms with Crippen molar-refractivity contribution in [3.8, 4) is 11.5 Å². The molecule has 10 heteroatoms. The Balaban J connectivity index is 1.09. The van der Waals surface area contributed by atoms with Crippen LogP contribution in [0.5, 0.6) is 11.5 Å². The second-order valence-corrected chi connectivity index (χ2v) is 12.7. The number of ether oxygens (including phenoxy) is 2. The van der Waals surface area contributed by atoms with E-state index in [4.69, 9.17) is 21.1 Å². The van der Waals surface area contributed by atoms with Gasteiger partial charge in [-0.1, -0.05) is 55.1 Å². The molecule has 1 aliphatic rings. The Morgan fingerprint density at radius 3 is 2.41 bits per heavy atom. The smallest absolute Gasteiger partial charge is 0.311 e. The molecule has 0 radical (unpaired) electrons. The summed E-state index contributed by atoms with van der Waals surface area (Å²) in [6.07, 6.45) is 2.80. The molecule has 3 aromatic rings. The first-order valence-corrected chi connectivity index (χ1v) is 16.4. The first kappa shape index (κ1) is 33.8. The second kappa shape index (κ2) is 17.4. The van der Waals surface area contributed by atoms with E-state index in [1.807, 2.05) is 6.07 Å². The van der Waals surface area contributed by atoms with E-state index in [2.05, 4.69) is 5.32 Å². The molecule has 4 rings (SSSR count). The van der Waals surface area contributed by atoms with Crippen molar-refractivity contribution in [2.75, 3.05) is 17.7 Å². The average Bonchev–Trinajstić information content (AvgIpc) is 3.29. The highest BCUT2D eigenvalue weighted by atomic mass is 35.5. The number of amides is 1. The van der Waals surface area contributed by atoms with Gasteiger partial charge in [0.15, 0.2) is 0 Å².